The normalized spacial score (nSPS) is 17.1. The standard InChI is InChI=1S/C14H24O5/c1-13(2,3)9-7-10(11(15)16)6-5-8-14(4,19)12(17)18/h7,9-10,19H,5-6,8H2,1-4H3,(H,15,16)(H,17,18). The highest BCUT2D eigenvalue weighted by molar-refractivity contribution is 5.76. The molecule has 0 bridgehead atoms. The Bertz CT molecular complexity index is 349. The molecule has 0 saturated carbocycles. The summed E-state index contributed by atoms with van der Waals surface area (Å²) in [7, 11) is 0. The predicted molar refractivity (Wildman–Crippen MR) is 71.8 cm³/mol. The molecule has 5 nitrogen and oxygen atoms in total. The molecule has 3 N–H and O–H groups in total. The van der Waals surface area contributed by atoms with Crippen molar-refractivity contribution >= 4 is 11.9 Å². The van der Waals surface area contributed by atoms with Crippen molar-refractivity contribution in [2.24, 2.45) is 11.3 Å². The molecular weight excluding hydrogens is 248 g/mol. The second kappa shape index (κ2) is 6.70. The summed E-state index contributed by atoms with van der Waals surface area (Å²) in [4.78, 5) is 21.8. The van der Waals surface area contributed by atoms with Gasteiger partial charge in [-0.15, -0.1) is 0 Å². The molecule has 0 aliphatic carbocycles. The van der Waals surface area contributed by atoms with Gasteiger partial charge in [0.25, 0.3) is 0 Å². The number of hydrogen-bond donors (Lipinski definition) is 3. The van der Waals surface area contributed by atoms with Crippen molar-refractivity contribution in [2.75, 3.05) is 0 Å². The zero-order valence-electron chi connectivity index (χ0n) is 12.0. The smallest absolute Gasteiger partial charge is 0.335 e. The molecule has 0 aromatic carbocycles. The first kappa shape index (κ1) is 17.6. The number of aliphatic carboxylic acids is 2. The number of carboxylic acids is 2. The number of allylic oxidation sites excluding steroid dienone is 1. The lowest BCUT2D eigenvalue weighted by Gasteiger charge is -2.18. The second-order valence-electron chi connectivity index (χ2n) is 6.14. The van der Waals surface area contributed by atoms with Gasteiger partial charge in [0.2, 0.25) is 0 Å². The average Bonchev–Trinajstić information content (AvgIpc) is 2.20. The Kier molecular flexibility index (Phi) is 6.22. The Labute approximate surface area is 113 Å². The fraction of sp³-hybridized carbons (Fsp3) is 0.714. The van der Waals surface area contributed by atoms with Crippen LogP contribution in [0.25, 0.3) is 0 Å². The van der Waals surface area contributed by atoms with Crippen LogP contribution in [0, 0.1) is 11.3 Å². The number of rotatable bonds is 7. The molecule has 110 valence electrons. The van der Waals surface area contributed by atoms with Crippen LogP contribution >= 0.6 is 0 Å². The molecule has 2 unspecified atom stereocenters. The topological polar surface area (TPSA) is 94.8 Å². The highest BCUT2D eigenvalue weighted by Gasteiger charge is 2.29. The van der Waals surface area contributed by atoms with E-state index in [1.807, 2.05) is 26.8 Å². The molecule has 0 aromatic heterocycles. The average molecular weight is 272 g/mol. The zero-order chi connectivity index (χ0) is 15.3. The van der Waals surface area contributed by atoms with Gasteiger partial charge < -0.3 is 15.3 Å². The van der Waals surface area contributed by atoms with Crippen molar-refractivity contribution in [2.45, 2.75) is 52.6 Å². The maximum absolute atomic E-state index is 11.1. The van der Waals surface area contributed by atoms with Gasteiger partial charge in [0.15, 0.2) is 5.60 Å². The Morgan fingerprint density at radius 2 is 1.68 bits per heavy atom. The Balaban J connectivity index is 4.44. The van der Waals surface area contributed by atoms with Crippen molar-refractivity contribution < 1.29 is 24.9 Å². The minimum absolute atomic E-state index is 0.0372. The Morgan fingerprint density at radius 1 is 1.16 bits per heavy atom. The van der Waals surface area contributed by atoms with E-state index in [1.54, 1.807) is 6.08 Å². The summed E-state index contributed by atoms with van der Waals surface area (Å²) in [5.41, 5.74) is -1.89. The highest BCUT2D eigenvalue weighted by Crippen LogP contribution is 2.21. The summed E-state index contributed by atoms with van der Waals surface area (Å²) < 4.78 is 0. The molecule has 0 heterocycles. The monoisotopic (exact) mass is 272 g/mol. The summed E-state index contributed by atoms with van der Waals surface area (Å²) in [6.45, 7) is 7.13. The molecule has 0 aromatic rings. The van der Waals surface area contributed by atoms with Crippen LogP contribution < -0.4 is 0 Å². The number of carbonyl (C=O) groups is 2. The van der Waals surface area contributed by atoms with E-state index >= 15 is 0 Å². The van der Waals surface area contributed by atoms with Crippen LogP contribution in [0.3, 0.4) is 0 Å². The molecule has 2 atom stereocenters. The zero-order valence-corrected chi connectivity index (χ0v) is 12.0. The van der Waals surface area contributed by atoms with Gasteiger partial charge in [-0.2, -0.15) is 0 Å². The van der Waals surface area contributed by atoms with Crippen molar-refractivity contribution in [1.29, 1.82) is 0 Å². The summed E-state index contributed by atoms with van der Waals surface area (Å²) in [6, 6.07) is 0. The van der Waals surface area contributed by atoms with Crippen molar-refractivity contribution in [3.63, 3.8) is 0 Å². The Morgan fingerprint density at radius 3 is 2.05 bits per heavy atom. The summed E-state index contributed by atoms with van der Waals surface area (Å²) in [5.74, 6) is -2.87. The lowest BCUT2D eigenvalue weighted by atomic mass is 9.91. The van der Waals surface area contributed by atoms with Gasteiger partial charge in [-0.25, -0.2) is 4.79 Å². The minimum Gasteiger partial charge on any atom is -0.481 e. The lowest BCUT2D eigenvalue weighted by Crippen LogP contribution is -2.34. The summed E-state index contributed by atoms with van der Waals surface area (Å²) in [6.07, 6.45) is 4.16. The van der Waals surface area contributed by atoms with E-state index in [4.69, 9.17) is 10.2 Å². The fourth-order valence-electron chi connectivity index (χ4n) is 1.48. The van der Waals surface area contributed by atoms with Gasteiger partial charge in [-0.05, 0) is 31.6 Å². The van der Waals surface area contributed by atoms with E-state index in [-0.39, 0.29) is 11.8 Å². The number of carboxylic acid groups (broad SMARTS) is 2. The lowest BCUT2D eigenvalue weighted by molar-refractivity contribution is -0.157. The van der Waals surface area contributed by atoms with Gasteiger partial charge in [0, 0.05) is 0 Å². The molecule has 5 heteroatoms. The third kappa shape index (κ3) is 7.62. The molecular formula is C14H24O5. The van der Waals surface area contributed by atoms with Crippen LogP contribution in [-0.2, 0) is 9.59 Å². The van der Waals surface area contributed by atoms with Crippen LogP contribution in [0.15, 0.2) is 12.2 Å². The molecule has 0 amide bonds. The molecule has 0 saturated heterocycles. The van der Waals surface area contributed by atoms with E-state index < -0.39 is 23.5 Å². The van der Waals surface area contributed by atoms with Crippen molar-refractivity contribution in [1.82, 2.24) is 0 Å². The van der Waals surface area contributed by atoms with Crippen molar-refractivity contribution in [3.8, 4) is 0 Å². The Hall–Kier alpha value is -1.36. The fourth-order valence-corrected chi connectivity index (χ4v) is 1.48. The van der Waals surface area contributed by atoms with Gasteiger partial charge in [-0.3, -0.25) is 4.79 Å². The van der Waals surface area contributed by atoms with E-state index in [9.17, 15) is 14.7 Å². The summed E-state index contributed by atoms with van der Waals surface area (Å²) in [5, 5.41) is 27.4. The van der Waals surface area contributed by atoms with E-state index in [0.29, 0.717) is 12.8 Å². The van der Waals surface area contributed by atoms with Crippen LogP contribution in [0.2, 0.25) is 0 Å². The third-order valence-electron chi connectivity index (χ3n) is 2.79. The molecule has 19 heavy (non-hydrogen) atoms. The molecule has 0 rings (SSSR count). The van der Waals surface area contributed by atoms with E-state index in [0.717, 1.165) is 0 Å². The first-order valence-corrected chi connectivity index (χ1v) is 6.33. The molecule has 0 fully saturated rings. The number of hydrogen-bond acceptors (Lipinski definition) is 3. The van der Waals surface area contributed by atoms with E-state index in [1.165, 1.54) is 6.92 Å². The minimum atomic E-state index is -1.79. The van der Waals surface area contributed by atoms with Gasteiger partial charge in [-0.1, -0.05) is 32.9 Å². The third-order valence-corrected chi connectivity index (χ3v) is 2.79. The van der Waals surface area contributed by atoms with Crippen LogP contribution in [0.5, 0.6) is 0 Å². The van der Waals surface area contributed by atoms with Crippen LogP contribution in [0.1, 0.15) is 47.0 Å². The van der Waals surface area contributed by atoms with Gasteiger partial charge >= 0.3 is 11.9 Å². The molecule has 0 radical (unpaired) electrons. The quantitative estimate of drug-likeness (QED) is 0.618. The molecule has 0 aliphatic heterocycles. The highest BCUT2D eigenvalue weighted by atomic mass is 16.4. The maximum atomic E-state index is 11.1. The maximum Gasteiger partial charge on any atom is 0.335 e. The largest absolute Gasteiger partial charge is 0.481 e. The number of aliphatic hydroxyl groups is 1. The first-order valence-electron chi connectivity index (χ1n) is 6.33. The van der Waals surface area contributed by atoms with Gasteiger partial charge in [0.1, 0.15) is 0 Å². The van der Waals surface area contributed by atoms with Crippen LogP contribution in [-0.4, -0.2) is 32.9 Å². The molecule has 0 aliphatic rings. The first-order chi connectivity index (χ1) is 8.46. The SMILES string of the molecule is CC(C)(C)C=CC(CCCC(C)(O)C(=O)O)C(=O)O. The predicted octanol–water partition coefficient (Wildman–Crippen LogP) is 2.30. The molecule has 0 spiro atoms. The van der Waals surface area contributed by atoms with Gasteiger partial charge in [0.05, 0.1) is 5.92 Å². The second-order valence-corrected chi connectivity index (χ2v) is 6.14. The van der Waals surface area contributed by atoms with E-state index in [2.05, 4.69) is 0 Å². The van der Waals surface area contributed by atoms with Crippen molar-refractivity contribution in [3.05, 3.63) is 12.2 Å². The van der Waals surface area contributed by atoms with Crippen LogP contribution in [0.4, 0.5) is 0 Å². The summed E-state index contributed by atoms with van der Waals surface area (Å²) >= 11 is 0.